The number of hydrogen-bond donors (Lipinski definition) is 1. The molecule has 0 fully saturated rings. The third kappa shape index (κ3) is 1.48. The van der Waals surface area contributed by atoms with E-state index in [1.54, 1.807) is 0 Å². The molecule has 0 amide bonds. The predicted octanol–water partition coefficient (Wildman–Crippen LogP) is 3.32. The average molecular weight is 374 g/mol. The van der Waals surface area contributed by atoms with Crippen LogP contribution in [-0.2, 0) is 18.0 Å². The Bertz CT molecular complexity index is 348. The Balaban J connectivity index is 2.77. The number of fused-ring (bicyclic) bond motifs is 1. The van der Waals surface area contributed by atoms with Gasteiger partial charge in [-0.05, 0) is 44.1 Å². The van der Waals surface area contributed by atoms with Crippen LogP contribution in [0.4, 0.5) is 5.69 Å². The first kappa shape index (κ1) is 10.0. The zero-order chi connectivity index (χ0) is 9.59. The monoisotopic (exact) mass is 373 g/mol. The summed E-state index contributed by atoms with van der Waals surface area (Å²) in [5.74, 6) is 0. The number of anilines is 1. The molecular formula is C8H6BrClINO. The lowest BCUT2D eigenvalue weighted by atomic mass is 10.1. The van der Waals surface area contributed by atoms with Crippen LogP contribution in [0.2, 0.25) is 5.02 Å². The summed E-state index contributed by atoms with van der Waals surface area (Å²) in [7, 11) is 0. The van der Waals surface area contributed by atoms with E-state index in [4.69, 9.17) is 22.1 Å². The largest absolute Gasteiger partial charge is 0.397 e. The van der Waals surface area contributed by atoms with Gasteiger partial charge in [0, 0.05) is 13.6 Å². The molecule has 0 radical (unpaired) electrons. The minimum Gasteiger partial charge on any atom is -0.397 e. The molecule has 1 aliphatic rings. The summed E-state index contributed by atoms with van der Waals surface area (Å²) in [5, 5.41) is 0.591. The summed E-state index contributed by atoms with van der Waals surface area (Å²) in [6.07, 6.45) is 0. The fourth-order valence-corrected chi connectivity index (χ4v) is 3.02. The van der Waals surface area contributed by atoms with Gasteiger partial charge in [-0.1, -0.05) is 11.6 Å². The number of benzene rings is 1. The predicted molar refractivity (Wildman–Crippen MR) is 64.8 cm³/mol. The number of hydrogen-bond acceptors (Lipinski definition) is 2. The van der Waals surface area contributed by atoms with Crippen molar-refractivity contribution in [3.05, 3.63) is 24.2 Å². The van der Waals surface area contributed by atoms with Crippen LogP contribution in [0.1, 0.15) is 11.1 Å². The second-order valence-corrected chi connectivity index (χ2v) is 5.06. The minimum absolute atomic E-state index is 0.591. The fourth-order valence-electron chi connectivity index (χ4n) is 1.33. The molecule has 1 aromatic carbocycles. The Hall–Kier alpha value is 0.480. The highest BCUT2D eigenvalue weighted by Crippen LogP contribution is 2.41. The number of rotatable bonds is 0. The van der Waals surface area contributed by atoms with Gasteiger partial charge in [0.25, 0.3) is 0 Å². The van der Waals surface area contributed by atoms with Crippen LogP contribution >= 0.6 is 50.1 Å². The van der Waals surface area contributed by atoms with Crippen LogP contribution in [-0.4, -0.2) is 0 Å². The summed E-state index contributed by atoms with van der Waals surface area (Å²) in [6, 6.07) is 0. The zero-order valence-corrected chi connectivity index (χ0v) is 11.0. The summed E-state index contributed by atoms with van der Waals surface area (Å²) in [6.45, 7) is 1.25. The number of halogens is 3. The van der Waals surface area contributed by atoms with Crippen LogP contribution in [0.5, 0.6) is 0 Å². The van der Waals surface area contributed by atoms with Gasteiger partial charge in [-0.15, -0.1) is 0 Å². The molecule has 0 atom stereocenters. The molecule has 1 aliphatic heterocycles. The first-order valence-corrected chi connectivity index (χ1v) is 5.89. The summed E-state index contributed by atoms with van der Waals surface area (Å²) < 4.78 is 7.22. The maximum atomic E-state index is 6.03. The molecule has 13 heavy (non-hydrogen) atoms. The normalized spacial score (nSPS) is 14.7. The smallest absolute Gasteiger partial charge is 0.0792 e. The molecule has 1 heterocycles. The van der Waals surface area contributed by atoms with Gasteiger partial charge in [-0.2, -0.15) is 0 Å². The van der Waals surface area contributed by atoms with Gasteiger partial charge < -0.3 is 10.5 Å². The Morgan fingerprint density at radius 3 is 2.69 bits per heavy atom. The van der Waals surface area contributed by atoms with E-state index < -0.39 is 0 Å². The van der Waals surface area contributed by atoms with Crippen molar-refractivity contribution < 1.29 is 4.74 Å². The zero-order valence-electron chi connectivity index (χ0n) is 6.53. The van der Waals surface area contributed by atoms with Crippen molar-refractivity contribution in [2.75, 3.05) is 5.73 Å². The van der Waals surface area contributed by atoms with Crippen LogP contribution in [0, 0.1) is 3.57 Å². The average Bonchev–Trinajstić information content (AvgIpc) is 2.59. The van der Waals surface area contributed by atoms with Gasteiger partial charge in [0.05, 0.1) is 23.9 Å². The Morgan fingerprint density at radius 2 is 2.00 bits per heavy atom. The summed E-state index contributed by atoms with van der Waals surface area (Å²) >= 11 is 11.7. The lowest BCUT2D eigenvalue weighted by Crippen LogP contribution is -1.98. The molecule has 0 aromatic heterocycles. The van der Waals surface area contributed by atoms with E-state index in [0.29, 0.717) is 23.9 Å². The van der Waals surface area contributed by atoms with Crippen molar-refractivity contribution in [2.24, 2.45) is 0 Å². The standard InChI is InChI=1S/C8H6BrClINO/c9-5-3-1-13-2-4(3)7(11)8(12)6(5)10/h1-2,12H2. The molecule has 2 rings (SSSR count). The molecule has 0 saturated carbocycles. The third-order valence-electron chi connectivity index (χ3n) is 2.05. The van der Waals surface area contributed by atoms with Crippen LogP contribution in [0.25, 0.3) is 0 Å². The maximum Gasteiger partial charge on any atom is 0.0792 e. The SMILES string of the molecule is Nc1c(Cl)c(Br)c2c(c1I)COC2. The van der Waals surface area contributed by atoms with Gasteiger partial charge in [-0.25, -0.2) is 0 Å². The molecule has 0 bridgehead atoms. The highest BCUT2D eigenvalue weighted by molar-refractivity contribution is 14.1. The van der Waals surface area contributed by atoms with Crippen molar-refractivity contribution in [3.8, 4) is 0 Å². The first-order valence-electron chi connectivity index (χ1n) is 3.64. The van der Waals surface area contributed by atoms with E-state index in [1.165, 1.54) is 0 Å². The number of nitrogen functional groups attached to an aromatic ring is 1. The molecule has 70 valence electrons. The highest BCUT2D eigenvalue weighted by atomic mass is 127. The fraction of sp³-hybridized carbons (Fsp3) is 0.250. The Morgan fingerprint density at radius 1 is 1.38 bits per heavy atom. The molecule has 2 nitrogen and oxygen atoms in total. The lowest BCUT2D eigenvalue weighted by Gasteiger charge is -2.09. The van der Waals surface area contributed by atoms with Crippen molar-refractivity contribution in [1.82, 2.24) is 0 Å². The van der Waals surface area contributed by atoms with Gasteiger partial charge >= 0.3 is 0 Å². The van der Waals surface area contributed by atoms with Gasteiger partial charge in [0.15, 0.2) is 0 Å². The van der Waals surface area contributed by atoms with Crippen molar-refractivity contribution in [2.45, 2.75) is 13.2 Å². The molecule has 5 heteroatoms. The van der Waals surface area contributed by atoms with Crippen molar-refractivity contribution >= 4 is 55.8 Å². The van der Waals surface area contributed by atoms with Crippen molar-refractivity contribution in [3.63, 3.8) is 0 Å². The lowest BCUT2D eigenvalue weighted by molar-refractivity contribution is 0.134. The molecule has 1 aromatic rings. The second-order valence-electron chi connectivity index (χ2n) is 2.81. The topological polar surface area (TPSA) is 35.2 Å². The maximum absolute atomic E-state index is 6.03. The van der Waals surface area contributed by atoms with Crippen molar-refractivity contribution in [1.29, 1.82) is 0 Å². The van der Waals surface area contributed by atoms with Crippen LogP contribution < -0.4 is 5.73 Å². The van der Waals surface area contributed by atoms with Crippen LogP contribution in [0.3, 0.4) is 0 Å². The van der Waals surface area contributed by atoms with E-state index in [-0.39, 0.29) is 0 Å². The summed E-state index contributed by atoms with van der Waals surface area (Å²) in [4.78, 5) is 0. The molecule has 0 unspecified atom stereocenters. The van der Waals surface area contributed by atoms with Crippen LogP contribution in [0.15, 0.2) is 4.47 Å². The molecule has 0 saturated heterocycles. The highest BCUT2D eigenvalue weighted by Gasteiger charge is 2.22. The van der Waals surface area contributed by atoms with Gasteiger partial charge in [0.2, 0.25) is 0 Å². The number of ether oxygens (including phenoxy) is 1. The van der Waals surface area contributed by atoms with E-state index in [0.717, 1.165) is 19.2 Å². The van der Waals surface area contributed by atoms with E-state index >= 15 is 0 Å². The van der Waals surface area contributed by atoms with E-state index in [2.05, 4.69) is 38.5 Å². The number of nitrogens with two attached hydrogens (primary N) is 1. The molecular weight excluding hydrogens is 368 g/mol. The quantitative estimate of drug-likeness (QED) is 0.430. The van der Waals surface area contributed by atoms with E-state index in [9.17, 15) is 0 Å². The van der Waals surface area contributed by atoms with Gasteiger partial charge in [-0.3, -0.25) is 0 Å². The van der Waals surface area contributed by atoms with Gasteiger partial charge in [0.1, 0.15) is 0 Å². The first-order chi connectivity index (χ1) is 6.13. The molecule has 0 aliphatic carbocycles. The minimum atomic E-state index is 0.591. The summed E-state index contributed by atoms with van der Waals surface area (Å²) in [5.41, 5.74) is 8.76. The van der Waals surface area contributed by atoms with E-state index in [1.807, 2.05) is 0 Å². The second kappa shape index (κ2) is 3.56. The third-order valence-corrected chi connectivity index (χ3v) is 4.78. The Kier molecular flexibility index (Phi) is 2.75. The molecule has 2 N–H and O–H groups in total. The Labute approximate surface area is 103 Å². The molecule has 0 spiro atoms.